The zero-order valence-corrected chi connectivity index (χ0v) is 8.37. The summed E-state index contributed by atoms with van der Waals surface area (Å²) in [5, 5.41) is 3.98. The Kier molecular flexibility index (Phi) is 3.05. The lowest BCUT2D eigenvalue weighted by Crippen LogP contribution is -2.02. The van der Waals surface area contributed by atoms with Gasteiger partial charge in [-0.2, -0.15) is 5.10 Å². The average molecular weight is 218 g/mol. The molecule has 0 aliphatic rings. The maximum Gasteiger partial charge on any atom is 0.138 e. The van der Waals surface area contributed by atoms with Crippen molar-refractivity contribution in [2.75, 3.05) is 0 Å². The third kappa shape index (κ3) is 2.61. The largest absolute Gasteiger partial charge is 0.253 e. The van der Waals surface area contributed by atoms with Crippen molar-refractivity contribution in [2.24, 2.45) is 7.05 Å². The van der Waals surface area contributed by atoms with Crippen LogP contribution in [0.15, 0.2) is 6.33 Å². The Bertz CT molecular complexity index is 219. The van der Waals surface area contributed by atoms with E-state index in [1.165, 1.54) is 0 Å². The Morgan fingerprint density at radius 1 is 1.73 bits per heavy atom. The highest BCUT2D eigenvalue weighted by molar-refractivity contribution is 9.09. The third-order valence-corrected chi connectivity index (χ3v) is 2.03. The van der Waals surface area contributed by atoms with E-state index < -0.39 is 0 Å². The Balaban J connectivity index is 2.44. The summed E-state index contributed by atoms with van der Waals surface area (Å²) in [4.78, 5) is 4.67. The van der Waals surface area contributed by atoms with Crippen molar-refractivity contribution >= 4 is 15.9 Å². The van der Waals surface area contributed by atoms with Crippen LogP contribution in [0.3, 0.4) is 0 Å². The van der Waals surface area contributed by atoms with Gasteiger partial charge in [0.1, 0.15) is 12.2 Å². The summed E-state index contributed by atoms with van der Waals surface area (Å²) in [5.74, 6) is 1.05. The molecule has 0 saturated carbocycles. The van der Waals surface area contributed by atoms with E-state index in [-0.39, 0.29) is 0 Å². The van der Waals surface area contributed by atoms with Crippen LogP contribution in [0.5, 0.6) is 0 Å². The van der Waals surface area contributed by atoms with Crippen molar-refractivity contribution in [3.05, 3.63) is 12.2 Å². The molecule has 0 aromatic carbocycles. The molecule has 0 amide bonds. The molecule has 1 rings (SSSR count). The highest BCUT2D eigenvalue weighted by Crippen LogP contribution is 2.07. The molecule has 1 aromatic rings. The molecule has 0 aliphatic heterocycles. The second kappa shape index (κ2) is 3.85. The van der Waals surface area contributed by atoms with E-state index in [0.717, 1.165) is 18.7 Å². The summed E-state index contributed by atoms with van der Waals surface area (Å²) < 4.78 is 1.81. The van der Waals surface area contributed by atoms with Gasteiger partial charge in [0, 0.05) is 18.3 Å². The van der Waals surface area contributed by atoms with E-state index in [1.54, 1.807) is 6.33 Å². The number of aryl methyl sites for hydroxylation is 2. The van der Waals surface area contributed by atoms with Crippen LogP contribution in [0, 0.1) is 0 Å². The van der Waals surface area contributed by atoms with Crippen LogP contribution >= 0.6 is 15.9 Å². The monoisotopic (exact) mass is 217 g/mol. The molecule has 1 atom stereocenters. The van der Waals surface area contributed by atoms with Crippen molar-refractivity contribution in [2.45, 2.75) is 24.6 Å². The summed E-state index contributed by atoms with van der Waals surface area (Å²) >= 11 is 3.49. The molecule has 62 valence electrons. The molecule has 4 heteroatoms. The van der Waals surface area contributed by atoms with Gasteiger partial charge in [-0.1, -0.05) is 22.9 Å². The van der Waals surface area contributed by atoms with Crippen molar-refractivity contribution < 1.29 is 0 Å². The van der Waals surface area contributed by atoms with Gasteiger partial charge in [0.05, 0.1) is 0 Å². The molecule has 11 heavy (non-hydrogen) atoms. The van der Waals surface area contributed by atoms with Crippen molar-refractivity contribution in [1.82, 2.24) is 14.8 Å². The quantitative estimate of drug-likeness (QED) is 0.720. The van der Waals surface area contributed by atoms with Crippen molar-refractivity contribution in [1.29, 1.82) is 0 Å². The first-order valence-electron chi connectivity index (χ1n) is 3.67. The van der Waals surface area contributed by atoms with E-state index in [0.29, 0.717) is 4.83 Å². The summed E-state index contributed by atoms with van der Waals surface area (Å²) in [5.41, 5.74) is 0. The standard InChI is InChI=1S/C7H12BrN3/c1-6(8)3-4-7-9-5-10-11(7)2/h5-6H,3-4H2,1-2H3. The van der Waals surface area contributed by atoms with E-state index in [1.807, 2.05) is 11.7 Å². The first-order chi connectivity index (χ1) is 5.20. The minimum atomic E-state index is 0.555. The SMILES string of the molecule is CC(Br)CCc1ncnn1C. The third-order valence-electron chi connectivity index (χ3n) is 1.57. The van der Waals surface area contributed by atoms with E-state index in [2.05, 4.69) is 32.9 Å². The number of hydrogen-bond donors (Lipinski definition) is 0. The van der Waals surface area contributed by atoms with E-state index >= 15 is 0 Å². The fourth-order valence-corrected chi connectivity index (χ4v) is 1.10. The van der Waals surface area contributed by atoms with Crippen molar-refractivity contribution in [3.8, 4) is 0 Å². The molecule has 0 saturated heterocycles. The van der Waals surface area contributed by atoms with Gasteiger partial charge in [-0.3, -0.25) is 4.68 Å². The zero-order valence-electron chi connectivity index (χ0n) is 6.79. The van der Waals surface area contributed by atoms with Gasteiger partial charge in [-0.15, -0.1) is 0 Å². The molecule has 0 radical (unpaired) electrons. The van der Waals surface area contributed by atoms with Crippen LogP contribution in [0.1, 0.15) is 19.2 Å². The maximum atomic E-state index is 4.12. The van der Waals surface area contributed by atoms with Crippen LogP contribution < -0.4 is 0 Å². The topological polar surface area (TPSA) is 30.7 Å². The second-order valence-electron chi connectivity index (χ2n) is 2.62. The normalized spacial score (nSPS) is 13.4. The molecule has 0 fully saturated rings. The second-order valence-corrected chi connectivity index (χ2v) is 4.18. The summed E-state index contributed by atoms with van der Waals surface area (Å²) in [6.45, 7) is 2.14. The van der Waals surface area contributed by atoms with Gasteiger partial charge in [0.2, 0.25) is 0 Å². The average Bonchev–Trinajstić information content (AvgIpc) is 2.31. The lowest BCUT2D eigenvalue weighted by molar-refractivity contribution is 0.671. The van der Waals surface area contributed by atoms with Gasteiger partial charge >= 0.3 is 0 Å². The lowest BCUT2D eigenvalue weighted by Gasteiger charge is -2.01. The van der Waals surface area contributed by atoms with Crippen LogP contribution in [0.25, 0.3) is 0 Å². The van der Waals surface area contributed by atoms with Gasteiger partial charge in [0.25, 0.3) is 0 Å². The number of alkyl halides is 1. The van der Waals surface area contributed by atoms with Gasteiger partial charge < -0.3 is 0 Å². The van der Waals surface area contributed by atoms with Crippen molar-refractivity contribution in [3.63, 3.8) is 0 Å². The minimum Gasteiger partial charge on any atom is -0.253 e. The van der Waals surface area contributed by atoms with Gasteiger partial charge in [0.15, 0.2) is 0 Å². The summed E-state index contributed by atoms with van der Waals surface area (Å²) in [6, 6.07) is 0. The molecular formula is C7H12BrN3. The first-order valence-corrected chi connectivity index (χ1v) is 4.58. The molecule has 0 N–H and O–H groups in total. The zero-order chi connectivity index (χ0) is 8.27. The number of aromatic nitrogens is 3. The number of rotatable bonds is 3. The highest BCUT2D eigenvalue weighted by atomic mass is 79.9. The number of halogens is 1. The molecule has 0 aliphatic carbocycles. The molecule has 0 spiro atoms. The highest BCUT2D eigenvalue weighted by Gasteiger charge is 2.01. The predicted molar refractivity (Wildman–Crippen MR) is 47.7 cm³/mol. The van der Waals surface area contributed by atoms with E-state index in [4.69, 9.17) is 0 Å². The van der Waals surface area contributed by atoms with Crippen LogP contribution in [-0.2, 0) is 13.5 Å². The minimum absolute atomic E-state index is 0.555. The maximum absolute atomic E-state index is 4.12. The molecule has 1 heterocycles. The smallest absolute Gasteiger partial charge is 0.138 e. The van der Waals surface area contributed by atoms with Gasteiger partial charge in [-0.25, -0.2) is 4.98 Å². The first kappa shape index (κ1) is 8.71. The Hall–Kier alpha value is -0.380. The predicted octanol–water partition coefficient (Wildman–Crippen LogP) is 1.53. The number of nitrogens with zero attached hydrogens (tertiary/aromatic N) is 3. The Morgan fingerprint density at radius 2 is 2.45 bits per heavy atom. The van der Waals surface area contributed by atoms with Crippen LogP contribution in [-0.4, -0.2) is 19.6 Å². The van der Waals surface area contributed by atoms with Crippen LogP contribution in [0.4, 0.5) is 0 Å². The molecule has 0 bridgehead atoms. The molecule has 1 aromatic heterocycles. The van der Waals surface area contributed by atoms with E-state index in [9.17, 15) is 0 Å². The summed E-state index contributed by atoms with van der Waals surface area (Å²) in [6.07, 6.45) is 3.68. The molecule has 3 nitrogen and oxygen atoms in total. The molecular weight excluding hydrogens is 206 g/mol. The van der Waals surface area contributed by atoms with Gasteiger partial charge in [-0.05, 0) is 6.42 Å². The Labute approximate surface area is 75.0 Å². The van der Waals surface area contributed by atoms with Crippen LogP contribution in [0.2, 0.25) is 0 Å². The fraction of sp³-hybridized carbons (Fsp3) is 0.714. The fourth-order valence-electron chi connectivity index (χ4n) is 0.874. The lowest BCUT2D eigenvalue weighted by atomic mass is 10.2. The Morgan fingerprint density at radius 3 is 2.91 bits per heavy atom. The molecule has 1 unspecified atom stereocenters. The summed E-state index contributed by atoms with van der Waals surface area (Å²) in [7, 11) is 1.92. The number of hydrogen-bond acceptors (Lipinski definition) is 2.